The van der Waals surface area contributed by atoms with Crippen molar-refractivity contribution >= 4 is 5.69 Å². The summed E-state index contributed by atoms with van der Waals surface area (Å²) >= 11 is 0. The van der Waals surface area contributed by atoms with Gasteiger partial charge >= 0.3 is 0 Å². The molecule has 4 nitrogen and oxygen atoms in total. The normalized spacial score (nSPS) is 17.1. The first-order valence-electron chi connectivity index (χ1n) is 6.08. The van der Waals surface area contributed by atoms with Crippen molar-refractivity contribution in [2.75, 3.05) is 31.1 Å². The summed E-state index contributed by atoms with van der Waals surface area (Å²) < 4.78 is 5.26. The van der Waals surface area contributed by atoms with Crippen molar-refractivity contribution in [3.8, 4) is 5.75 Å². The highest BCUT2D eigenvalue weighted by Gasteiger charge is 2.09. The van der Waals surface area contributed by atoms with Crippen LogP contribution in [0.4, 0.5) is 5.69 Å². The third-order valence-corrected chi connectivity index (χ3v) is 2.85. The summed E-state index contributed by atoms with van der Waals surface area (Å²) in [5.41, 5.74) is 1.13. The smallest absolute Gasteiger partial charge is 0.146 e. The summed E-state index contributed by atoms with van der Waals surface area (Å²) in [6, 6.07) is 2.02. The van der Waals surface area contributed by atoms with E-state index in [0.717, 1.165) is 50.5 Å². The van der Waals surface area contributed by atoms with Crippen molar-refractivity contribution in [1.29, 1.82) is 0 Å². The molecule has 0 bridgehead atoms. The van der Waals surface area contributed by atoms with E-state index in [1.807, 2.05) is 12.3 Å². The van der Waals surface area contributed by atoms with Gasteiger partial charge in [-0.25, -0.2) is 0 Å². The molecule has 1 saturated heterocycles. The topological polar surface area (TPSA) is 37.4 Å². The third-order valence-electron chi connectivity index (χ3n) is 2.85. The Hall–Kier alpha value is -1.55. The Morgan fingerprint density at radius 3 is 2.76 bits per heavy atom. The average molecular weight is 233 g/mol. The van der Waals surface area contributed by atoms with Gasteiger partial charge in [-0.2, -0.15) is 0 Å². The van der Waals surface area contributed by atoms with Crippen molar-refractivity contribution in [3.05, 3.63) is 31.3 Å². The first-order chi connectivity index (χ1) is 8.40. The van der Waals surface area contributed by atoms with Crippen molar-refractivity contribution < 1.29 is 4.74 Å². The van der Waals surface area contributed by atoms with Crippen LogP contribution in [0, 0.1) is 0 Å². The number of hydrogen-bond acceptors (Lipinski definition) is 4. The molecule has 4 heteroatoms. The van der Waals surface area contributed by atoms with E-state index >= 15 is 0 Å². The van der Waals surface area contributed by atoms with Crippen LogP contribution in [0.1, 0.15) is 12.8 Å². The Morgan fingerprint density at radius 1 is 1.29 bits per heavy atom. The minimum Gasteiger partial charge on any atom is -0.464 e. The number of aromatic nitrogens is 1. The van der Waals surface area contributed by atoms with Crippen molar-refractivity contribution in [3.63, 3.8) is 0 Å². The van der Waals surface area contributed by atoms with Gasteiger partial charge in [0.15, 0.2) is 0 Å². The molecule has 1 fully saturated rings. The van der Waals surface area contributed by atoms with Crippen molar-refractivity contribution in [2.24, 2.45) is 0 Å². The van der Waals surface area contributed by atoms with Gasteiger partial charge < -0.3 is 15.0 Å². The maximum atomic E-state index is 5.26. The van der Waals surface area contributed by atoms with Gasteiger partial charge in [0.05, 0.1) is 24.3 Å². The van der Waals surface area contributed by atoms with Crippen LogP contribution in [0.25, 0.3) is 0 Å². The van der Waals surface area contributed by atoms with E-state index in [0.29, 0.717) is 0 Å². The zero-order valence-corrected chi connectivity index (χ0v) is 10.1. The van der Waals surface area contributed by atoms with Crippen LogP contribution in [-0.4, -0.2) is 31.2 Å². The van der Waals surface area contributed by atoms with E-state index in [9.17, 15) is 0 Å². The lowest BCUT2D eigenvalue weighted by molar-refractivity contribution is 0.480. The Bertz CT molecular complexity index is 359. The molecule has 0 radical (unpaired) electrons. The molecule has 0 saturated carbocycles. The van der Waals surface area contributed by atoms with Gasteiger partial charge in [0.1, 0.15) is 5.75 Å². The fourth-order valence-corrected chi connectivity index (χ4v) is 2.03. The molecule has 0 amide bonds. The SMILES string of the molecule is C=COc1cncc(N2CCCNCCC2)c1. The number of pyridine rings is 1. The Kier molecular flexibility index (Phi) is 4.38. The highest BCUT2D eigenvalue weighted by molar-refractivity contribution is 5.48. The predicted octanol–water partition coefficient (Wildman–Crippen LogP) is 1.79. The molecule has 0 unspecified atom stereocenters. The van der Waals surface area contributed by atoms with E-state index < -0.39 is 0 Å². The maximum Gasteiger partial charge on any atom is 0.146 e. The number of nitrogens with one attached hydrogen (secondary N) is 1. The quantitative estimate of drug-likeness (QED) is 0.808. The molecular formula is C13H19N3O. The summed E-state index contributed by atoms with van der Waals surface area (Å²) in [7, 11) is 0. The maximum absolute atomic E-state index is 5.26. The minimum absolute atomic E-state index is 0.748. The summed E-state index contributed by atoms with van der Waals surface area (Å²) in [6.07, 6.45) is 7.35. The van der Waals surface area contributed by atoms with Gasteiger partial charge in [0.2, 0.25) is 0 Å². The van der Waals surface area contributed by atoms with E-state index in [1.54, 1.807) is 6.20 Å². The number of nitrogens with zero attached hydrogens (tertiary/aromatic N) is 2. The van der Waals surface area contributed by atoms with Crippen LogP contribution < -0.4 is 15.0 Å². The van der Waals surface area contributed by atoms with E-state index in [2.05, 4.69) is 21.8 Å². The molecule has 92 valence electrons. The standard InChI is InChI=1S/C13H19N3O/c1-2-17-13-9-12(10-15-11-13)16-7-3-5-14-6-4-8-16/h2,9-11,14H,1,3-8H2. The molecule has 1 aromatic rings. The van der Waals surface area contributed by atoms with Gasteiger partial charge in [0, 0.05) is 19.2 Å². The zero-order valence-electron chi connectivity index (χ0n) is 10.1. The summed E-state index contributed by atoms with van der Waals surface area (Å²) in [4.78, 5) is 6.57. The molecule has 0 aliphatic carbocycles. The average Bonchev–Trinajstić information content (AvgIpc) is 2.29. The first-order valence-corrected chi connectivity index (χ1v) is 6.08. The molecule has 1 aliphatic heterocycles. The van der Waals surface area contributed by atoms with Gasteiger partial charge in [-0.1, -0.05) is 6.58 Å². The van der Waals surface area contributed by atoms with Gasteiger partial charge in [0.25, 0.3) is 0 Å². The minimum atomic E-state index is 0.748. The van der Waals surface area contributed by atoms with E-state index in [4.69, 9.17) is 4.74 Å². The molecule has 1 aliphatic rings. The fourth-order valence-electron chi connectivity index (χ4n) is 2.03. The molecule has 17 heavy (non-hydrogen) atoms. The Balaban J connectivity index is 2.07. The van der Waals surface area contributed by atoms with Crippen molar-refractivity contribution in [2.45, 2.75) is 12.8 Å². The molecule has 2 heterocycles. The van der Waals surface area contributed by atoms with Crippen LogP contribution in [0.5, 0.6) is 5.75 Å². The highest BCUT2D eigenvalue weighted by atomic mass is 16.5. The number of anilines is 1. The molecule has 1 aromatic heterocycles. The lowest BCUT2D eigenvalue weighted by Crippen LogP contribution is -2.33. The zero-order chi connectivity index (χ0) is 11.9. The van der Waals surface area contributed by atoms with Gasteiger partial charge in [-0.15, -0.1) is 0 Å². The first kappa shape index (κ1) is 11.9. The molecular weight excluding hydrogens is 214 g/mol. The second-order valence-corrected chi connectivity index (χ2v) is 4.11. The van der Waals surface area contributed by atoms with Crippen LogP contribution in [0.2, 0.25) is 0 Å². The van der Waals surface area contributed by atoms with Crippen LogP contribution in [-0.2, 0) is 0 Å². The second-order valence-electron chi connectivity index (χ2n) is 4.11. The van der Waals surface area contributed by atoms with E-state index in [1.165, 1.54) is 6.26 Å². The lowest BCUT2D eigenvalue weighted by Gasteiger charge is -2.27. The largest absolute Gasteiger partial charge is 0.464 e. The van der Waals surface area contributed by atoms with Crippen LogP contribution in [0.3, 0.4) is 0 Å². The monoisotopic (exact) mass is 233 g/mol. The van der Waals surface area contributed by atoms with E-state index in [-0.39, 0.29) is 0 Å². The summed E-state index contributed by atoms with van der Waals surface area (Å²) in [5.74, 6) is 0.748. The van der Waals surface area contributed by atoms with Crippen LogP contribution >= 0.6 is 0 Å². The molecule has 0 aromatic carbocycles. The Labute approximate surface area is 102 Å². The van der Waals surface area contributed by atoms with Gasteiger partial charge in [-0.05, 0) is 25.9 Å². The Morgan fingerprint density at radius 2 is 2.06 bits per heavy atom. The highest BCUT2D eigenvalue weighted by Crippen LogP contribution is 2.20. The fraction of sp³-hybridized carbons (Fsp3) is 0.462. The summed E-state index contributed by atoms with van der Waals surface area (Å²) in [6.45, 7) is 7.86. The van der Waals surface area contributed by atoms with Crippen molar-refractivity contribution in [1.82, 2.24) is 10.3 Å². The number of hydrogen-bond donors (Lipinski definition) is 1. The number of rotatable bonds is 3. The van der Waals surface area contributed by atoms with Crippen LogP contribution in [0.15, 0.2) is 31.3 Å². The molecule has 0 atom stereocenters. The second kappa shape index (κ2) is 6.25. The molecule has 2 rings (SSSR count). The lowest BCUT2D eigenvalue weighted by atomic mass is 10.2. The molecule has 0 spiro atoms. The molecule has 1 N–H and O–H groups in total. The summed E-state index contributed by atoms with van der Waals surface area (Å²) in [5, 5.41) is 3.41. The number of ether oxygens (including phenoxy) is 1. The predicted molar refractivity (Wildman–Crippen MR) is 69.4 cm³/mol. The third kappa shape index (κ3) is 3.46. The van der Waals surface area contributed by atoms with Gasteiger partial charge in [-0.3, -0.25) is 4.98 Å².